The van der Waals surface area contributed by atoms with Crippen LogP contribution in [0.3, 0.4) is 0 Å². The van der Waals surface area contributed by atoms with Crippen molar-refractivity contribution < 1.29 is 4.74 Å². The monoisotopic (exact) mass is 365 g/mol. The molecule has 1 unspecified atom stereocenters. The summed E-state index contributed by atoms with van der Waals surface area (Å²) in [5.74, 6) is 0.512. The Hall–Kier alpha value is -1.97. The van der Waals surface area contributed by atoms with Crippen LogP contribution in [-0.2, 0) is 30.8 Å². The predicted octanol–water partition coefficient (Wildman–Crippen LogP) is 6.16. The molecule has 3 heteroatoms. The van der Waals surface area contributed by atoms with Crippen molar-refractivity contribution in [3.8, 4) is 0 Å². The number of aryl methyl sites for hydroxylation is 2. The number of ether oxygens (including phenoxy) is 1. The van der Waals surface area contributed by atoms with Gasteiger partial charge in [0.05, 0.1) is 23.9 Å². The van der Waals surface area contributed by atoms with Crippen LogP contribution in [0.4, 0.5) is 0 Å². The van der Waals surface area contributed by atoms with Crippen LogP contribution >= 0.6 is 11.3 Å². The zero-order chi connectivity index (χ0) is 18.2. The van der Waals surface area contributed by atoms with Crippen molar-refractivity contribution in [1.29, 1.82) is 0 Å². The Kier molecular flexibility index (Phi) is 6.98. The summed E-state index contributed by atoms with van der Waals surface area (Å²) in [5, 5.41) is 1.24. The normalized spacial score (nSPS) is 12.2. The van der Waals surface area contributed by atoms with Crippen molar-refractivity contribution in [3.05, 3.63) is 87.4 Å². The molecule has 1 aromatic heterocycles. The SMILES string of the molecule is CCC(C)c1nc(COCc2ccccc2)c(CCc2ccccc2)s1. The fourth-order valence-corrected chi connectivity index (χ4v) is 4.04. The molecule has 3 rings (SSSR count). The Labute approximate surface area is 160 Å². The first-order chi connectivity index (χ1) is 12.8. The van der Waals surface area contributed by atoms with E-state index in [4.69, 9.17) is 9.72 Å². The molecule has 0 spiro atoms. The lowest BCUT2D eigenvalue weighted by Crippen LogP contribution is -1.99. The predicted molar refractivity (Wildman–Crippen MR) is 110 cm³/mol. The van der Waals surface area contributed by atoms with Gasteiger partial charge >= 0.3 is 0 Å². The Morgan fingerprint density at radius 2 is 1.54 bits per heavy atom. The minimum absolute atomic E-state index is 0.512. The fourth-order valence-electron chi connectivity index (χ4n) is 2.84. The van der Waals surface area contributed by atoms with E-state index >= 15 is 0 Å². The first-order valence-corrected chi connectivity index (χ1v) is 10.2. The molecule has 0 bridgehead atoms. The minimum atomic E-state index is 0.512. The number of aromatic nitrogens is 1. The van der Waals surface area contributed by atoms with Gasteiger partial charge in [-0.2, -0.15) is 0 Å². The average Bonchev–Trinajstić information content (AvgIpc) is 3.10. The van der Waals surface area contributed by atoms with Gasteiger partial charge in [-0.05, 0) is 30.4 Å². The number of benzene rings is 2. The van der Waals surface area contributed by atoms with Gasteiger partial charge in [0, 0.05) is 10.8 Å². The Balaban J connectivity index is 1.66. The van der Waals surface area contributed by atoms with Crippen LogP contribution in [0, 0.1) is 0 Å². The summed E-state index contributed by atoms with van der Waals surface area (Å²) >= 11 is 1.87. The summed E-state index contributed by atoms with van der Waals surface area (Å²) in [4.78, 5) is 6.29. The van der Waals surface area contributed by atoms with E-state index in [9.17, 15) is 0 Å². The van der Waals surface area contributed by atoms with Gasteiger partial charge in [-0.25, -0.2) is 4.98 Å². The van der Waals surface area contributed by atoms with Crippen LogP contribution in [0.15, 0.2) is 60.7 Å². The molecule has 3 aromatic rings. The third-order valence-electron chi connectivity index (χ3n) is 4.66. The largest absolute Gasteiger partial charge is 0.370 e. The minimum Gasteiger partial charge on any atom is -0.370 e. The van der Waals surface area contributed by atoms with Gasteiger partial charge in [-0.3, -0.25) is 0 Å². The van der Waals surface area contributed by atoms with Crippen LogP contribution in [0.1, 0.15) is 52.9 Å². The van der Waals surface area contributed by atoms with Gasteiger partial charge in [-0.1, -0.05) is 74.5 Å². The van der Waals surface area contributed by atoms with E-state index in [-0.39, 0.29) is 0 Å². The summed E-state index contributed by atoms with van der Waals surface area (Å²) in [6.07, 6.45) is 3.20. The van der Waals surface area contributed by atoms with Crippen molar-refractivity contribution in [2.75, 3.05) is 0 Å². The van der Waals surface area contributed by atoms with Crippen molar-refractivity contribution in [3.63, 3.8) is 0 Å². The van der Waals surface area contributed by atoms with Crippen molar-refractivity contribution in [2.24, 2.45) is 0 Å². The highest BCUT2D eigenvalue weighted by Gasteiger charge is 2.15. The second kappa shape index (κ2) is 9.65. The highest BCUT2D eigenvalue weighted by Crippen LogP contribution is 2.29. The number of hydrogen-bond donors (Lipinski definition) is 0. The van der Waals surface area contributed by atoms with E-state index in [1.165, 1.54) is 21.0 Å². The van der Waals surface area contributed by atoms with Crippen molar-refractivity contribution in [1.82, 2.24) is 4.98 Å². The average molecular weight is 366 g/mol. The number of thiazole rings is 1. The van der Waals surface area contributed by atoms with E-state index in [1.54, 1.807) is 0 Å². The zero-order valence-corrected chi connectivity index (χ0v) is 16.5. The van der Waals surface area contributed by atoms with Crippen LogP contribution in [0.5, 0.6) is 0 Å². The maximum absolute atomic E-state index is 5.97. The maximum Gasteiger partial charge on any atom is 0.0960 e. The van der Waals surface area contributed by atoms with Gasteiger partial charge in [-0.15, -0.1) is 11.3 Å². The molecule has 0 saturated carbocycles. The maximum atomic E-state index is 5.97. The molecular weight excluding hydrogens is 338 g/mol. The number of rotatable bonds is 9. The molecule has 0 aliphatic rings. The van der Waals surface area contributed by atoms with Crippen LogP contribution in [0.25, 0.3) is 0 Å². The second-order valence-electron chi connectivity index (χ2n) is 6.70. The van der Waals surface area contributed by atoms with Crippen LogP contribution in [0.2, 0.25) is 0 Å². The quantitative estimate of drug-likeness (QED) is 0.453. The molecule has 1 heterocycles. The summed E-state index contributed by atoms with van der Waals surface area (Å²) in [5.41, 5.74) is 3.70. The highest BCUT2D eigenvalue weighted by molar-refractivity contribution is 7.11. The Morgan fingerprint density at radius 3 is 2.19 bits per heavy atom. The fraction of sp³-hybridized carbons (Fsp3) is 0.348. The molecule has 0 amide bonds. The van der Waals surface area contributed by atoms with Crippen LogP contribution in [-0.4, -0.2) is 4.98 Å². The van der Waals surface area contributed by atoms with E-state index < -0.39 is 0 Å². The summed E-state index contributed by atoms with van der Waals surface area (Å²) in [7, 11) is 0. The van der Waals surface area contributed by atoms with Gasteiger partial charge in [0.1, 0.15) is 0 Å². The first-order valence-electron chi connectivity index (χ1n) is 9.40. The first kappa shape index (κ1) is 18.8. The van der Waals surface area contributed by atoms with Crippen molar-refractivity contribution in [2.45, 2.75) is 52.2 Å². The van der Waals surface area contributed by atoms with Gasteiger partial charge in [0.2, 0.25) is 0 Å². The third kappa shape index (κ3) is 5.26. The highest BCUT2D eigenvalue weighted by atomic mass is 32.1. The lowest BCUT2D eigenvalue weighted by Gasteiger charge is -2.05. The standard InChI is InChI=1S/C23H27NOS/c1-3-18(2)23-24-21(17-25-16-20-12-8-5-9-13-20)22(26-23)15-14-19-10-6-4-7-11-19/h4-13,18H,3,14-17H2,1-2H3. The van der Waals surface area contributed by atoms with E-state index in [2.05, 4.69) is 56.3 Å². The van der Waals surface area contributed by atoms with Gasteiger partial charge in [0.15, 0.2) is 0 Å². The lowest BCUT2D eigenvalue weighted by atomic mass is 10.1. The van der Waals surface area contributed by atoms with Crippen molar-refractivity contribution >= 4 is 11.3 Å². The molecule has 1 atom stereocenters. The van der Waals surface area contributed by atoms with Gasteiger partial charge < -0.3 is 4.74 Å². The summed E-state index contributed by atoms with van der Waals surface area (Å²) in [6, 6.07) is 21.0. The zero-order valence-electron chi connectivity index (χ0n) is 15.7. The van der Waals surface area contributed by atoms with Crippen LogP contribution < -0.4 is 0 Å². The molecular formula is C23H27NOS. The van der Waals surface area contributed by atoms with E-state index in [0.29, 0.717) is 19.1 Å². The topological polar surface area (TPSA) is 22.1 Å². The molecule has 2 nitrogen and oxygen atoms in total. The number of hydrogen-bond acceptors (Lipinski definition) is 3. The molecule has 0 N–H and O–H groups in total. The molecule has 0 saturated heterocycles. The third-order valence-corrected chi connectivity index (χ3v) is 6.05. The molecule has 0 aliphatic heterocycles. The molecule has 2 aromatic carbocycles. The Bertz CT molecular complexity index is 782. The summed E-state index contributed by atoms with van der Waals surface area (Å²) in [6.45, 7) is 5.71. The lowest BCUT2D eigenvalue weighted by molar-refractivity contribution is 0.104. The van der Waals surface area contributed by atoms with Gasteiger partial charge in [0.25, 0.3) is 0 Å². The van der Waals surface area contributed by atoms with E-state index in [1.807, 2.05) is 29.5 Å². The second-order valence-corrected chi connectivity index (χ2v) is 7.81. The smallest absolute Gasteiger partial charge is 0.0960 e. The number of nitrogens with zero attached hydrogens (tertiary/aromatic N) is 1. The Morgan fingerprint density at radius 1 is 0.885 bits per heavy atom. The molecule has 0 radical (unpaired) electrons. The summed E-state index contributed by atoms with van der Waals surface area (Å²) < 4.78 is 5.97. The molecule has 136 valence electrons. The van der Waals surface area contributed by atoms with E-state index in [0.717, 1.165) is 25.0 Å². The molecule has 0 aliphatic carbocycles. The molecule has 0 fully saturated rings. The molecule has 26 heavy (non-hydrogen) atoms.